The first kappa shape index (κ1) is 29.1. The van der Waals surface area contributed by atoms with Crippen LogP contribution in [0.5, 0.6) is 0 Å². The fraction of sp³-hybridized carbons (Fsp3) is 0.667. The summed E-state index contributed by atoms with van der Waals surface area (Å²) in [5.74, 6) is 1.20. The van der Waals surface area contributed by atoms with Gasteiger partial charge in [0, 0.05) is 11.8 Å². The largest absolute Gasteiger partial charge is 0.393 e. The van der Waals surface area contributed by atoms with Gasteiger partial charge in [0.25, 0.3) is 0 Å². The van der Waals surface area contributed by atoms with Gasteiger partial charge in [-0.1, -0.05) is 77.1 Å². The Bertz CT molecular complexity index is 1610. The molecule has 2 aliphatic heterocycles. The Balaban J connectivity index is 1.42. The number of aliphatic hydroxyl groups is 2. The lowest BCUT2D eigenvalue weighted by Crippen LogP contribution is -2.76. The van der Waals surface area contributed by atoms with Gasteiger partial charge in [0.1, 0.15) is 0 Å². The van der Waals surface area contributed by atoms with E-state index in [2.05, 4.69) is 39.0 Å². The molecule has 7 heteroatoms. The van der Waals surface area contributed by atoms with Gasteiger partial charge in [0.05, 0.1) is 28.5 Å². The lowest BCUT2D eigenvalue weighted by molar-refractivity contribution is -0.199. The molecular weight excluding hydrogens is 538 g/mol. The number of fused-ring (bicyclic) bond motifs is 1. The molecule has 8 rings (SSSR count). The third-order valence-electron chi connectivity index (χ3n) is 13.7. The average molecular weight is 588 g/mol. The molecule has 10 atom stereocenters. The maximum absolute atomic E-state index is 14.7. The number of hydrogen-bond donors (Lipinski definition) is 2. The molecule has 0 unspecified atom stereocenters. The molecule has 1 aromatic heterocycles. The normalized spacial score (nSPS) is 41.5. The maximum atomic E-state index is 14.7. The third-order valence-corrected chi connectivity index (χ3v) is 13.7. The van der Waals surface area contributed by atoms with Crippen LogP contribution >= 0.6 is 0 Å². The van der Waals surface area contributed by atoms with Gasteiger partial charge in [0.2, 0.25) is 0 Å². The molecule has 3 heterocycles. The second-order valence-corrected chi connectivity index (χ2v) is 15.8. The molecule has 1 aromatic carbocycles. The third kappa shape index (κ3) is 3.50. The Morgan fingerprint density at radius 3 is 2.33 bits per heavy atom. The maximum Gasteiger partial charge on any atom is 0.352 e. The van der Waals surface area contributed by atoms with E-state index in [1.165, 1.54) is 4.57 Å². The number of allylic oxidation sites excluding steroid dienone is 3. The molecule has 4 aliphatic carbocycles. The summed E-state index contributed by atoms with van der Waals surface area (Å²) in [5, 5.41) is 22.0. The molecular formula is C36H49N3O4. The van der Waals surface area contributed by atoms with Gasteiger partial charge in [-0.05, 0) is 92.6 Å². The number of aromatic nitrogens is 3. The van der Waals surface area contributed by atoms with Gasteiger partial charge in [0.15, 0.2) is 0 Å². The standard InChI is InChI=1S/C36H49N3O4/c1-23(2)34(6,43)19-14-24(3)27-12-13-28-32(27,4)17-16-29-33(5)18-15-26(40)22-35(33)20-21-36(28,29)39-31(42)37(30(41)38(35)39)25-10-8-7-9-11-25/h7-11,14,19-21,23-24,26-29,40,43H,12-13,15-18,22H2,1-6H3/b19-14+/t24-,26+,27-,28-,29-,32-,33-,34-,35+,36-/m1/s1. The van der Waals surface area contributed by atoms with E-state index in [0.717, 1.165) is 38.5 Å². The quantitative estimate of drug-likeness (QED) is 0.461. The highest BCUT2D eigenvalue weighted by molar-refractivity contribution is 5.38. The van der Waals surface area contributed by atoms with E-state index in [4.69, 9.17) is 0 Å². The molecule has 2 N–H and O–H groups in total. The zero-order valence-electron chi connectivity index (χ0n) is 26.7. The first-order chi connectivity index (χ1) is 20.2. The van der Waals surface area contributed by atoms with Crippen molar-refractivity contribution in [2.75, 3.05) is 0 Å². The van der Waals surface area contributed by atoms with E-state index < -0.39 is 22.8 Å². The number of para-hydroxylation sites is 1. The Morgan fingerprint density at radius 1 is 0.930 bits per heavy atom. The van der Waals surface area contributed by atoms with Crippen LogP contribution in [-0.4, -0.2) is 35.8 Å². The molecule has 43 heavy (non-hydrogen) atoms. The molecule has 2 bridgehead atoms. The van der Waals surface area contributed by atoms with Crippen LogP contribution in [0.2, 0.25) is 0 Å². The van der Waals surface area contributed by atoms with Crippen LogP contribution in [0, 0.1) is 40.4 Å². The summed E-state index contributed by atoms with van der Waals surface area (Å²) in [6.07, 6.45) is 14.4. The van der Waals surface area contributed by atoms with Crippen molar-refractivity contribution in [3.63, 3.8) is 0 Å². The van der Waals surface area contributed by atoms with Gasteiger partial charge in [-0.2, -0.15) is 0 Å². The van der Waals surface area contributed by atoms with E-state index in [1.807, 2.05) is 66.5 Å². The molecule has 232 valence electrons. The van der Waals surface area contributed by atoms with Gasteiger partial charge in [-0.3, -0.25) is 0 Å². The monoisotopic (exact) mass is 587 g/mol. The van der Waals surface area contributed by atoms with Crippen molar-refractivity contribution in [1.82, 2.24) is 13.9 Å². The average Bonchev–Trinajstić information content (AvgIpc) is 3.47. The molecule has 0 amide bonds. The summed E-state index contributed by atoms with van der Waals surface area (Å²) in [6, 6.07) is 9.31. The van der Waals surface area contributed by atoms with Crippen LogP contribution < -0.4 is 11.4 Å². The van der Waals surface area contributed by atoms with Crippen LogP contribution in [0.3, 0.4) is 0 Å². The lowest BCUT2D eigenvalue weighted by atomic mass is 9.40. The van der Waals surface area contributed by atoms with Crippen LogP contribution in [-0.2, 0) is 11.1 Å². The molecule has 2 spiro atoms. The van der Waals surface area contributed by atoms with E-state index in [9.17, 15) is 19.8 Å². The summed E-state index contributed by atoms with van der Waals surface area (Å²) >= 11 is 0. The van der Waals surface area contributed by atoms with Crippen LogP contribution in [0.1, 0.15) is 86.5 Å². The molecule has 3 saturated carbocycles. The summed E-state index contributed by atoms with van der Waals surface area (Å²) in [5.41, 5.74) is -2.46. The van der Waals surface area contributed by atoms with E-state index in [1.54, 1.807) is 0 Å². The zero-order valence-corrected chi connectivity index (χ0v) is 26.7. The van der Waals surface area contributed by atoms with Crippen molar-refractivity contribution in [3.05, 3.63) is 75.6 Å². The van der Waals surface area contributed by atoms with Gasteiger partial charge >= 0.3 is 11.4 Å². The first-order valence-electron chi connectivity index (χ1n) is 16.6. The molecule has 0 saturated heterocycles. The van der Waals surface area contributed by atoms with Crippen LogP contribution in [0.4, 0.5) is 0 Å². The summed E-state index contributed by atoms with van der Waals surface area (Å²) in [6.45, 7) is 13.0. The highest BCUT2D eigenvalue weighted by Crippen LogP contribution is 2.74. The number of aliphatic hydroxyl groups excluding tert-OH is 1. The van der Waals surface area contributed by atoms with Crippen LogP contribution in [0.25, 0.3) is 5.69 Å². The van der Waals surface area contributed by atoms with Crippen molar-refractivity contribution >= 4 is 0 Å². The molecule has 2 aromatic rings. The fourth-order valence-electron chi connectivity index (χ4n) is 11.0. The lowest BCUT2D eigenvalue weighted by Gasteiger charge is -2.71. The topological polar surface area (TPSA) is 89.4 Å². The van der Waals surface area contributed by atoms with Crippen molar-refractivity contribution in [2.24, 2.45) is 40.4 Å². The predicted molar refractivity (Wildman–Crippen MR) is 168 cm³/mol. The Hall–Kier alpha value is -2.64. The SMILES string of the molecule is CC(C)[C@](C)(O)/C=C/[C@@H](C)[C@H]1CC[C@@H]2[C@]1(C)CC[C@H]1[C@@]23C=C[C@@]2(C[C@@H](O)CC[C@]12C)n1c(=O)n(-c2ccccc2)c(=O)n13. The van der Waals surface area contributed by atoms with Gasteiger partial charge in [-0.25, -0.2) is 23.5 Å². The highest BCUT2D eigenvalue weighted by Gasteiger charge is 2.75. The summed E-state index contributed by atoms with van der Waals surface area (Å²) in [7, 11) is 0. The number of benzene rings is 1. The van der Waals surface area contributed by atoms with E-state index in [-0.39, 0.29) is 45.9 Å². The number of nitrogens with zero attached hydrogens (tertiary/aromatic N) is 3. The van der Waals surface area contributed by atoms with Crippen molar-refractivity contribution in [3.8, 4) is 5.69 Å². The predicted octanol–water partition coefficient (Wildman–Crippen LogP) is 5.37. The van der Waals surface area contributed by atoms with Crippen molar-refractivity contribution in [2.45, 2.75) is 109 Å². The fourth-order valence-corrected chi connectivity index (χ4v) is 11.0. The molecule has 7 nitrogen and oxygen atoms in total. The first-order valence-corrected chi connectivity index (χ1v) is 16.6. The highest BCUT2D eigenvalue weighted by atomic mass is 16.3. The van der Waals surface area contributed by atoms with Gasteiger partial charge in [-0.15, -0.1) is 0 Å². The minimum Gasteiger partial charge on any atom is -0.393 e. The Kier molecular flexibility index (Phi) is 6.22. The number of hydrogen-bond acceptors (Lipinski definition) is 4. The van der Waals surface area contributed by atoms with Crippen LogP contribution in [0.15, 0.2) is 64.2 Å². The van der Waals surface area contributed by atoms with Crippen molar-refractivity contribution in [1.29, 1.82) is 0 Å². The summed E-state index contributed by atoms with van der Waals surface area (Å²) in [4.78, 5) is 29.2. The molecule has 0 radical (unpaired) electrons. The minimum atomic E-state index is -0.855. The minimum absolute atomic E-state index is 0.0364. The summed E-state index contributed by atoms with van der Waals surface area (Å²) < 4.78 is 5.07. The molecule has 3 fully saturated rings. The smallest absolute Gasteiger partial charge is 0.352 e. The van der Waals surface area contributed by atoms with E-state index >= 15 is 0 Å². The Morgan fingerprint density at radius 2 is 1.63 bits per heavy atom. The second-order valence-electron chi connectivity index (χ2n) is 15.8. The molecule has 6 aliphatic rings. The zero-order chi connectivity index (χ0) is 30.7. The Labute approximate surface area is 254 Å². The van der Waals surface area contributed by atoms with Gasteiger partial charge < -0.3 is 10.2 Å². The number of rotatable bonds is 5. The van der Waals surface area contributed by atoms with E-state index in [0.29, 0.717) is 18.0 Å². The van der Waals surface area contributed by atoms with Crippen molar-refractivity contribution < 1.29 is 10.2 Å². The second kappa shape index (κ2) is 9.20.